The second kappa shape index (κ2) is 7.25. The first-order valence-corrected chi connectivity index (χ1v) is 6.48. The molecule has 0 aromatic carbocycles. The van der Waals surface area contributed by atoms with Gasteiger partial charge in [0.05, 0.1) is 5.75 Å². The van der Waals surface area contributed by atoms with Crippen LogP contribution in [-0.4, -0.2) is 44.6 Å². The zero-order valence-electron chi connectivity index (χ0n) is 10.7. The van der Waals surface area contributed by atoms with E-state index in [1.807, 2.05) is 20.8 Å². The number of hydrogen-bond acceptors (Lipinski definition) is 4. The van der Waals surface area contributed by atoms with Crippen LogP contribution >= 0.6 is 11.8 Å². The molecule has 0 aliphatic rings. The molecule has 0 aliphatic heterocycles. The predicted octanol–water partition coefficient (Wildman–Crippen LogP) is 0.952. The van der Waals surface area contributed by atoms with Crippen LogP contribution in [0, 0.1) is 0 Å². The van der Waals surface area contributed by atoms with Crippen molar-refractivity contribution in [2.75, 3.05) is 5.75 Å². The Balaban J connectivity index is 4.20. The lowest BCUT2D eigenvalue weighted by Gasteiger charge is -2.18. The predicted molar refractivity (Wildman–Crippen MR) is 68.6 cm³/mol. The molecule has 6 nitrogen and oxygen atoms in total. The molecule has 3 N–H and O–H groups in total. The van der Waals surface area contributed by atoms with Gasteiger partial charge in [0.15, 0.2) is 0 Å². The molecule has 0 rings (SSSR count). The largest absolute Gasteiger partial charge is 0.481 e. The van der Waals surface area contributed by atoms with E-state index in [4.69, 9.17) is 10.2 Å². The number of carboxylic acids is 2. The molecule has 104 valence electrons. The lowest BCUT2D eigenvalue weighted by Crippen LogP contribution is -2.42. The normalized spacial score (nSPS) is 12.8. The number of rotatable bonds is 7. The van der Waals surface area contributed by atoms with Crippen LogP contribution in [0.5, 0.6) is 0 Å². The third-order valence-electron chi connectivity index (χ3n) is 1.92. The minimum Gasteiger partial charge on any atom is -0.481 e. The summed E-state index contributed by atoms with van der Waals surface area (Å²) in [5, 5.41) is 19.6. The first-order valence-electron chi connectivity index (χ1n) is 5.50. The summed E-state index contributed by atoms with van der Waals surface area (Å²) in [6.45, 7) is 5.85. The Morgan fingerprint density at radius 1 is 1.22 bits per heavy atom. The van der Waals surface area contributed by atoms with Gasteiger partial charge in [-0.05, 0) is 6.42 Å². The Bertz CT molecular complexity index is 324. The lowest BCUT2D eigenvalue weighted by atomic mass is 10.1. The van der Waals surface area contributed by atoms with Gasteiger partial charge in [-0.1, -0.05) is 20.8 Å². The average molecular weight is 277 g/mol. The molecule has 0 aliphatic carbocycles. The van der Waals surface area contributed by atoms with E-state index in [1.54, 1.807) is 0 Å². The molecule has 18 heavy (non-hydrogen) atoms. The van der Waals surface area contributed by atoms with E-state index in [9.17, 15) is 14.4 Å². The molecule has 0 radical (unpaired) electrons. The number of aliphatic carboxylic acids is 2. The fourth-order valence-corrected chi connectivity index (χ4v) is 1.69. The van der Waals surface area contributed by atoms with Gasteiger partial charge in [0, 0.05) is 11.2 Å². The second-order valence-electron chi connectivity index (χ2n) is 4.79. The van der Waals surface area contributed by atoms with E-state index in [2.05, 4.69) is 5.32 Å². The van der Waals surface area contributed by atoms with Crippen molar-refractivity contribution < 1.29 is 24.6 Å². The van der Waals surface area contributed by atoms with Crippen LogP contribution in [0.2, 0.25) is 0 Å². The number of hydrogen-bond donors (Lipinski definition) is 3. The Morgan fingerprint density at radius 3 is 2.17 bits per heavy atom. The van der Waals surface area contributed by atoms with Crippen molar-refractivity contribution in [2.24, 2.45) is 0 Å². The maximum Gasteiger partial charge on any atom is 0.326 e. The van der Waals surface area contributed by atoms with Crippen LogP contribution in [-0.2, 0) is 14.4 Å². The molecule has 7 heteroatoms. The number of carboxylic acid groups (broad SMARTS) is 2. The summed E-state index contributed by atoms with van der Waals surface area (Å²) in [6.07, 6.45) is -0.403. The quantitative estimate of drug-likeness (QED) is 0.640. The van der Waals surface area contributed by atoms with Gasteiger partial charge in [-0.3, -0.25) is 9.59 Å². The fraction of sp³-hybridized carbons (Fsp3) is 0.727. The fourth-order valence-electron chi connectivity index (χ4n) is 1.04. The molecule has 0 spiro atoms. The SMILES string of the molecule is CC(C)(C)SCC(=O)NC(CCC(=O)O)C(=O)O. The standard InChI is InChI=1S/C11H19NO5S/c1-11(2,3)18-6-8(13)12-7(10(16)17)4-5-9(14)15/h7H,4-6H2,1-3H3,(H,12,13)(H,14,15)(H,16,17). The third kappa shape index (κ3) is 8.86. The molecule has 1 atom stereocenters. The third-order valence-corrected chi connectivity index (χ3v) is 3.19. The van der Waals surface area contributed by atoms with Gasteiger partial charge < -0.3 is 15.5 Å². The van der Waals surface area contributed by atoms with E-state index in [-0.39, 0.29) is 23.3 Å². The van der Waals surface area contributed by atoms with Crippen molar-refractivity contribution in [2.45, 2.75) is 44.4 Å². The number of carbonyl (C=O) groups is 3. The molecule has 0 fully saturated rings. The molecule has 0 aromatic heterocycles. The monoisotopic (exact) mass is 277 g/mol. The Labute approximate surface area is 110 Å². The molecule has 0 saturated heterocycles. The summed E-state index contributed by atoms with van der Waals surface area (Å²) in [6, 6.07) is -1.14. The zero-order chi connectivity index (χ0) is 14.3. The minimum absolute atomic E-state index is 0.0862. The highest BCUT2D eigenvalue weighted by molar-refractivity contribution is 8.01. The van der Waals surface area contributed by atoms with Crippen molar-refractivity contribution in [1.82, 2.24) is 5.32 Å². The minimum atomic E-state index is -1.22. The van der Waals surface area contributed by atoms with Gasteiger partial charge in [-0.2, -0.15) is 0 Å². The van der Waals surface area contributed by atoms with Crippen LogP contribution in [0.3, 0.4) is 0 Å². The number of nitrogens with one attached hydrogen (secondary N) is 1. The van der Waals surface area contributed by atoms with Crippen LogP contribution < -0.4 is 5.32 Å². The summed E-state index contributed by atoms with van der Waals surface area (Å²) in [4.78, 5) is 32.7. The van der Waals surface area contributed by atoms with Gasteiger partial charge in [0.2, 0.25) is 5.91 Å². The summed E-state index contributed by atoms with van der Waals surface area (Å²) >= 11 is 1.40. The highest BCUT2D eigenvalue weighted by Crippen LogP contribution is 2.22. The topological polar surface area (TPSA) is 104 Å². The van der Waals surface area contributed by atoms with E-state index < -0.39 is 23.9 Å². The highest BCUT2D eigenvalue weighted by Gasteiger charge is 2.22. The van der Waals surface area contributed by atoms with Gasteiger partial charge >= 0.3 is 11.9 Å². The summed E-state index contributed by atoms with van der Waals surface area (Å²) < 4.78 is -0.0862. The maximum absolute atomic E-state index is 11.5. The van der Waals surface area contributed by atoms with Crippen LogP contribution in [0.1, 0.15) is 33.6 Å². The average Bonchev–Trinajstić information content (AvgIpc) is 2.19. The van der Waals surface area contributed by atoms with Crippen LogP contribution in [0.15, 0.2) is 0 Å². The number of amides is 1. The zero-order valence-corrected chi connectivity index (χ0v) is 11.5. The lowest BCUT2D eigenvalue weighted by molar-refractivity contribution is -0.142. The number of carbonyl (C=O) groups excluding carboxylic acids is 1. The first-order chi connectivity index (χ1) is 8.11. The molecular weight excluding hydrogens is 258 g/mol. The van der Waals surface area contributed by atoms with Gasteiger partial charge in [-0.15, -0.1) is 11.8 Å². The van der Waals surface area contributed by atoms with Crippen molar-refractivity contribution in [3.63, 3.8) is 0 Å². The Kier molecular flexibility index (Phi) is 6.75. The van der Waals surface area contributed by atoms with Gasteiger partial charge in [0.1, 0.15) is 6.04 Å². The van der Waals surface area contributed by atoms with Crippen molar-refractivity contribution in [3.8, 4) is 0 Å². The van der Waals surface area contributed by atoms with E-state index >= 15 is 0 Å². The Hall–Kier alpha value is -1.24. The smallest absolute Gasteiger partial charge is 0.326 e. The van der Waals surface area contributed by atoms with Crippen LogP contribution in [0.25, 0.3) is 0 Å². The summed E-state index contributed by atoms with van der Waals surface area (Å²) in [5.74, 6) is -2.54. The first kappa shape index (κ1) is 16.8. The molecular formula is C11H19NO5S. The summed E-state index contributed by atoms with van der Waals surface area (Å²) in [7, 11) is 0. The molecule has 1 amide bonds. The highest BCUT2D eigenvalue weighted by atomic mass is 32.2. The Morgan fingerprint density at radius 2 is 1.78 bits per heavy atom. The molecule has 0 aromatic rings. The van der Waals surface area contributed by atoms with Crippen molar-refractivity contribution in [1.29, 1.82) is 0 Å². The molecule has 0 heterocycles. The summed E-state index contributed by atoms with van der Waals surface area (Å²) in [5.41, 5.74) is 0. The van der Waals surface area contributed by atoms with E-state index in [0.717, 1.165) is 0 Å². The van der Waals surface area contributed by atoms with Crippen LogP contribution in [0.4, 0.5) is 0 Å². The maximum atomic E-state index is 11.5. The van der Waals surface area contributed by atoms with Gasteiger partial charge in [-0.25, -0.2) is 4.79 Å². The second-order valence-corrected chi connectivity index (χ2v) is 6.59. The van der Waals surface area contributed by atoms with E-state index in [1.165, 1.54) is 11.8 Å². The van der Waals surface area contributed by atoms with Gasteiger partial charge in [0.25, 0.3) is 0 Å². The molecule has 1 unspecified atom stereocenters. The van der Waals surface area contributed by atoms with E-state index in [0.29, 0.717) is 0 Å². The molecule has 0 bridgehead atoms. The van der Waals surface area contributed by atoms with Crippen molar-refractivity contribution >= 4 is 29.6 Å². The number of thioether (sulfide) groups is 1. The van der Waals surface area contributed by atoms with Crippen molar-refractivity contribution in [3.05, 3.63) is 0 Å². The molecule has 0 saturated carbocycles.